The lowest BCUT2D eigenvalue weighted by Crippen LogP contribution is -2.32. The van der Waals surface area contributed by atoms with Gasteiger partial charge in [-0.3, -0.25) is 4.79 Å². The second kappa shape index (κ2) is 7.10. The zero-order valence-electron chi connectivity index (χ0n) is 12.8. The molecule has 2 rings (SSSR count). The Morgan fingerprint density at radius 1 is 1.36 bits per heavy atom. The molecule has 1 heterocycles. The molecule has 1 aromatic heterocycles. The molecule has 0 fully saturated rings. The maximum Gasteiger partial charge on any atom is 0.266 e. The van der Waals surface area contributed by atoms with E-state index in [1.54, 1.807) is 0 Å². The van der Waals surface area contributed by atoms with E-state index in [4.69, 9.17) is 4.74 Å². The minimum atomic E-state index is -0.586. The Morgan fingerprint density at radius 3 is 2.64 bits per heavy atom. The highest BCUT2D eigenvalue weighted by Gasteiger charge is 2.21. The van der Waals surface area contributed by atoms with Gasteiger partial charge in [0.2, 0.25) is 0 Å². The van der Waals surface area contributed by atoms with Gasteiger partial charge in [-0.2, -0.15) is 5.26 Å². The number of carbonyl (C=O) groups is 1. The van der Waals surface area contributed by atoms with E-state index in [-0.39, 0.29) is 5.91 Å². The van der Waals surface area contributed by atoms with Crippen molar-refractivity contribution in [3.63, 3.8) is 0 Å². The molecule has 0 aliphatic carbocycles. The molecule has 0 aliphatic heterocycles. The predicted octanol–water partition coefficient (Wildman–Crippen LogP) is 4.03. The average molecular weight is 314 g/mol. The molecule has 1 atom stereocenters. The molecular formula is C17H18N2O2S. The highest BCUT2D eigenvalue weighted by atomic mass is 32.1. The molecule has 0 radical (unpaired) electrons. The van der Waals surface area contributed by atoms with Gasteiger partial charge in [-0.05, 0) is 38.0 Å². The molecule has 5 heteroatoms. The Hall–Kier alpha value is -2.32. The Bertz CT molecular complexity index is 701. The Labute approximate surface area is 134 Å². The predicted molar refractivity (Wildman–Crippen MR) is 88.3 cm³/mol. The molecule has 0 aliphatic rings. The van der Waals surface area contributed by atoms with Gasteiger partial charge in [0.1, 0.15) is 16.8 Å². The number of hydrogen-bond donors (Lipinski definition) is 1. The number of nitrogens with zero attached hydrogens (tertiary/aromatic N) is 1. The first-order valence-electron chi connectivity index (χ1n) is 7.09. The number of nitrogens with one attached hydrogen (secondary N) is 1. The van der Waals surface area contributed by atoms with Crippen LogP contribution in [0.1, 0.15) is 29.3 Å². The largest absolute Gasteiger partial charge is 0.481 e. The van der Waals surface area contributed by atoms with Crippen LogP contribution in [0.4, 0.5) is 5.00 Å². The number of benzene rings is 1. The molecule has 1 N–H and O–H groups in total. The van der Waals surface area contributed by atoms with Gasteiger partial charge in [0.25, 0.3) is 5.91 Å². The Morgan fingerprint density at radius 2 is 2.05 bits per heavy atom. The fourth-order valence-electron chi connectivity index (χ4n) is 2.03. The second-order valence-electron chi connectivity index (χ2n) is 4.92. The molecule has 1 amide bonds. The molecule has 22 heavy (non-hydrogen) atoms. The van der Waals surface area contributed by atoms with Crippen molar-refractivity contribution in [1.82, 2.24) is 0 Å². The maximum absolute atomic E-state index is 12.4. The number of aryl methyl sites for hydroxylation is 1. The third kappa shape index (κ3) is 3.46. The molecule has 0 unspecified atom stereocenters. The zero-order valence-corrected chi connectivity index (χ0v) is 13.7. The molecule has 114 valence electrons. The van der Waals surface area contributed by atoms with Crippen LogP contribution in [0.25, 0.3) is 0 Å². The maximum atomic E-state index is 12.4. The van der Waals surface area contributed by atoms with Crippen LogP contribution < -0.4 is 10.1 Å². The quantitative estimate of drug-likeness (QED) is 0.906. The van der Waals surface area contributed by atoms with Crippen molar-refractivity contribution >= 4 is 22.2 Å². The molecule has 4 nitrogen and oxygen atoms in total. The summed E-state index contributed by atoms with van der Waals surface area (Å²) in [5.74, 6) is 0.424. The highest BCUT2D eigenvalue weighted by molar-refractivity contribution is 7.16. The topological polar surface area (TPSA) is 62.1 Å². The van der Waals surface area contributed by atoms with Crippen molar-refractivity contribution in [3.8, 4) is 11.8 Å². The van der Waals surface area contributed by atoms with Crippen molar-refractivity contribution in [1.29, 1.82) is 5.26 Å². The lowest BCUT2D eigenvalue weighted by atomic mass is 10.2. The average Bonchev–Trinajstić information content (AvgIpc) is 2.79. The molecule has 0 saturated carbocycles. The number of hydrogen-bond acceptors (Lipinski definition) is 4. The number of thiophene rings is 1. The summed E-state index contributed by atoms with van der Waals surface area (Å²) < 4.78 is 5.72. The monoisotopic (exact) mass is 314 g/mol. The van der Waals surface area contributed by atoms with Crippen molar-refractivity contribution in [3.05, 3.63) is 46.3 Å². The van der Waals surface area contributed by atoms with E-state index in [9.17, 15) is 10.1 Å². The van der Waals surface area contributed by atoms with E-state index < -0.39 is 6.10 Å². The van der Waals surface area contributed by atoms with Crippen LogP contribution in [0.5, 0.6) is 5.75 Å². The molecule has 0 spiro atoms. The van der Waals surface area contributed by atoms with Crippen molar-refractivity contribution < 1.29 is 9.53 Å². The number of amides is 1. The van der Waals surface area contributed by atoms with Gasteiger partial charge in [-0.25, -0.2) is 0 Å². The van der Waals surface area contributed by atoms with Crippen LogP contribution in [0.3, 0.4) is 0 Å². The lowest BCUT2D eigenvalue weighted by Gasteiger charge is -2.16. The number of anilines is 1. The first-order chi connectivity index (χ1) is 10.6. The van der Waals surface area contributed by atoms with E-state index in [1.807, 2.05) is 51.1 Å². The third-order valence-corrected chi connectivity index (χ3v) is 4.54. The van der Waals surface area contributed by atoms with Crippen LogP contribution in [0.15, 0.2) is 30.3 Å². The van der Waals surface area contributed by atoms with E-state index in [2.05, 4.69) is 11.4 Å². The SMILES string of the molecule is CC[C@H](Oc1ccccc1)C(=O)Nc1sc(C)c(C)c1C#N. The fourth-order valence-corrected chi connectivity index (χ4v) is 3.04. The second-order valence-corrected chi connectivity index (χ2v) is 6.14. The van der Waals surface area contributed by atoms with Crippen LogP contribution in [0.2, 0.25) is 0 Å². The first-order valence-corrected chi connectivity index (χ1v) is 7.91. The molecular weight excluding hydrogens is 296 g/mol. The van der Waals surface area contributed by atoms with Gasteiger partial charge in [0.15, 0.2) is 6.10 Å². The van der Waals surface area contributed by atoms with Gasteiger partial charge in [-0.1, -0.05) is 25.1 Å². The van der Waals surface area contributed by atoms with Gasteiger partial charge < -0.3 is 10.1 Å². The number of para-hydroxylation sites is 1. The summed E-state index contributed by atoms with van der Waals surface area (Å²) in [6.07, 6.45) is -0.0389. The number of nitriles is 1. The summed E-state index contributed by atoms with van der Waals surface area (Å²) in [7, 11) is 0. The number of ether oxygens (including phenoxy) is 1. The Balaban J connectivity index is 2.13. The number of rotatable bonds is 5. The summed E-state index contributed by atoms with van der Waals surface area (Å²) >= 11 is 1.42. The standard InChI is InChI=1S/C17H18N2O2S/c1-4-15(21-13-8-6-5-7-9-13)16(20)19-17-14(10-18)11(2)12(3)22-17/h5-9,15H,4H2,1-3H3,(H,19,20)/t15-/m0/s1. The Kier molecular flexibility index (Phi) is 5.18. The van der Waals surface area contributed by atoms with Gasteiger partial charge in [0.05, 0.1) is 5.56 Å². The normalized spacial score (nSPS) is 11.5. The molecule has 1 aromatic carbocycles. The van der Waals surface area contributed by atoms with Crippen LogP contribution in [-0.2, 0) is 4.79 Å². The first kappa shape index (κ1) is 16.1. The van der Waals surface area contributed by atoms with Crippen molar-refractivity contribution in [2.24, 2.45) is 0 Å². The highest BCUT2D eigenvalue weighted by Crippen LogP contribution is 2.31. The molecule has 0 bridgehead atoms. The summed E-state index contributed by atoms with van der Waals surface area (Å²) in [5.41, 5.74) is 1.45. The smallest absolute Gasteiger partial charge is 0.266 e. The summed E-state index contributed by atoms with van der Waals surface area (Å²) in [6, 6.07) is 11.4. The van der Waals surface area contributed by atoms with Crippen molar-refractivity contribution in [2.75, 3.05) is 5.32 Å². The van der Waals surface area contributed by atoms with Crippen molar-refractivity contribution in [2.45, 2.75) is 33.3 Å². The third-order valence-electron chi connectivity index (χ3n) is 3.42. The minimum Gasteiger partial charge on any atom is -0.481 e. The van der Waals surface area contributed by atoms with E-state index in [0.717, 1.165) is 10.4 Å². The van der Waals surface area contributed by atoms with E-state index >= 15 is 0 Å². The zero-order chi connectivity index (χ0) is 16.1. The molecule has 2 aromatic rings. The minimum absolute atomic E-state index is 0.232. The fraction of sp³-hybridized carbons (Fsp3) is 0.294. The molecule has 0 saturated heterocycles. The van der Waals surface area contributed by atoms with Crippen LogP contribution >= 0.6 is 11.3 Å². The summed E-state index contributed by atoms with van der Waals surface area (Å²) in [6.45, 7) is 5.72. The van der Waals surface area contributed by atoms with Gasteiger partial charge >= 0.3 is 0 Å². The van der Waals surface area contributed by atoms with Crippen LogP contribution in [0, 0.1) is 25.2 Å². The van der Waals surface area contributed by atoms with Gasteiger partial charge in [-0.15, -0.1) is 11.3 Å². The van der Waals surface area contributed by atoms with Crippen LogP contribution in [-0.4, -0.2) is 12.0 Å². The summed E-state index contributed by atoms with van der Waals surface area (Å²) in [4.78, 5) is 13.4. The number of carbonyl (C=O) groups excluding carboxylic acids is 1. The lowest BCUT2D eigenvalue weighted by molar-refractivity contribution is -0.122. The summed E-state index contributed by atoms with van der Waals surface area (Å²) in [5, 5.41) is 12.7. The van der Waals surface area contributed by atoms with E-state index in [1.165, 1.54) is 11.3 Å². The van der Waals surface area contributed by atoms with E-state index in [0.29, 0.717) is 22.7 Å². The van der Waals surface area contributed by atoms with Gasteiger partial charge in [0, 0.05) is 4.88 Å².